The molecule has 2 aliphatic rings. The van der Waals surface area contributed by atoms with Gasteiger partial charge in [-0.3, -0.25) is 4.79 Å². The molecule has 1 amide bonds. The van der Waals surface area contributed by atoms with E-state index < -0.39 is 0 Å². The average Bonchev–Trinajstić information content (AvgIpc) is 2.28. The summed E-state index contributed by atoms with van der Waals surface area (Å²) in [4.78, 5) is 12.2. The fourth-order valence-electron chi connectivity index (χ4n) is 1.17. The van der Waals surface area contributed by atoms with E-state index in [1.54, 1.807) is 11.8 Å². The van der Waals surface area contributed by atoms with Gasteiger partial charge in [0.05, 0.1) is 11.4 Å². The fraction of sp³-hybridized carbons (Fsp3) is 0.222. The lowest BCUT2D eigenvalue weighted by atomic mass is 10.3. The summed E-state index contributed by atoms with van der Waals surface area (Å²) in [6.45, 7) is 0. The van der Waals surface area contributed by atoms with Gasteiger partial charge < -0.3 is 5.32 Å². The van der Waals surface area contributed by atoms with Crippen LogP contribution in [0.5, 0.6) is 0 Å². The molecule has 1 aliphatic carbocycles. The van der Waals surface area contributed by atoms with Gasteiger partial charge in [-0.05, 0) is 12.5 Å². The SMILES string of the molecule is O=C1CSC2=C(C=CCC=C2)N1. The molecule has 0 fully saturated rings. The maximum atomic E-state index is 11.0. The van der Waals surface area contributed by atoms with Crippen LogP contribution in [-0.2, 0) is 4.79 Å². The van der Waals surface area contributed by atoms with Crippen LogP contribution in [0.2, 0.25) is 0 Å². The first kappa shape index (κ1) is 7.68. The van der Waals surface area contributed by atoms with Gasteiger partial charge >= 0.3 is 0 Å². The summed E-state index contributed by atoms with van der Waals surface area (Å²) in [6, 6.07) is 0. The van der Waals surface area contributed by atoms with Gasteiger partial charge in [-0.25, -0.2) is 0 Å². The van der Waals surface area contributed by atoms with Gasteiger partial charge in [0.15, 0.2) is 0 Å². The van der Waals surface area contributed by atoms with Gasteiger partial charge in [0.1, 0.15) is 0 Å². The van der Waals surface area contributed by atoms with Crippen molar-refractivity contribution >= 4 is 17.7 Å². The standard InChI is InChI=1S/C9H9NOS/c11-9-6-12-8-5-3-1-2-4-7(8)10-9/h2-5H,1,6H2,(H,10,11). The minimum Gasteiger partial charge on any atom is -0.324 e. The molecule has 2 rings (SSSR count). The normalized spacial score (nSPS) is 21.8. The van der Waals surface area contributed by atoms with Gasteiger partial charge in [0.2, 0.25) is 5.91 Å². The van der Waals surface area contributed by atoms with E-state index in [1.165, 1.54) is 4.91 Å². The van der Waals surface area contributed by atoms with Gasteiger partial charge in [-0.15, -0.1) is 11.8 Å². The number of carbonyl (C=O) groups excluding carboxylic acids is 1. The van der Waals surface area contributed by atoms with Crippen molar-refractivity contribution in [3.63, 3.8) is 0 Å². The quantitative estimate of drug-likeness (QED) is 0.611. The molecule has 2 nitrogen and oxygen atoms in total. The molecule has 0 saturated carbocycles. The Bertz CT molecular complexity index is 302. The number of nitrogens with one attached hydrogen (secondary N) is 1. The number of allylic oxidation sites excluding steroid dienone is 4. The van der Waals surface area contributed by atoms with Gasteiger partial charge in [0.25, 0.3) is 0 Å². The molecule has 0 spiro atoms. The molecule has 3 heteroatoms. The van der Waals surface area contributed by atoms with E-state index >= 15 is 0 Å². The molecular formula is C9H9NOS. The Morgan fingerprint density at radius 1 is 1.33 bits per heavy atom. The first-order valence-electron chi connectivity index (χ1n) is 3.86. The molecule has 0 radical (unpaired) electrons. The molecule has 0 bridgehead atoms. The zero-order valence-electron chi connectivity index (χ0n) is 6.54. The number of amides is 1. The highest BCUT2D eigenvalue weighted by molar-refractivity contribution is 8.04. The van der Waals surface area contributed by atoms with E-state index in [0.29, 0.717) is 5.75 Å². The second-order valence-electron chi connectivity index (χ2n) is 2.66. The minimum absolute atomic E-state index is 0.0960. The number of thioether (sulfide) groups is 1. The highest BCUT2D eigenvalue weighted by Crippen LogP contribution is 2.26. The summed E-state index contributed by atoms with van der Waals surface area (Å²) < 4.78 is 0. The van der Waals surface area contributed by atoms with E-state index in [4.69, 9.17) is 0 Å². The molecule has 62 valence electrons. The van der Waals surface area contributed by atoms with Crippen LogP contribution >= 0.6 is 11.8 Å². The topological polar surface area (TPSA) is 29.1 Å². The minimum atomic E-state index is 0.0960. The van der Waals surface area contributed by atoms with Crippen molar-refractivity contribution in [3.05, 3.63) is 34.9 Å². The monoisotopic (exact) mass is 179 g/mol. The zero-order chi connectivity index (χ0) is 8.39. The molecule has 0 aromatic heterocycles. The van der Waals surface area contributed by atoms with Crippen molar-refractivity contribution in [2.45, 2.75) is 6.42 Å². The van der Waals surface area contributed by atoms with Crippen molar-refractivity contribution in [2.75, 3.05) is 5.75 Å². The van der Waals surface area contributed by atoms with Gasteiger partial charge in [-0.2, -0.15) is 0 Å². The number of carbonyl (C=O) groups is 1. The lowest BCUT2D eigenvalue weighted by molar-refractivity contribution is -0.117. The van der Waals surface area contributed by atoms with E-state index in [1.807, 2.05) is 12.2 Å². The van der Waals surface area contributed by atoms with Crippen LogP contribution in [0, 0.1) is 0 Å². The van der Waals surface area contributed by atoms with Crippen LogP contribution < -0.4 is 5.32 Å². The summed E-state index contributed by atoms with van der Waals surface area (Å²) in [6.07, 6.45) is 9.14. The Morgan fingerprint density at radius 2 is 2.17 bits per heavy atom. The predicted molar refractivity (Wildman–Crippen MR) is 50.5 cm³/mol. The third-order valence-electron chi connectivity index (χ3n) is 1.72. The summed E-state index contributed by atoms with van der Waals surface area (Å²) >= 11 is 1.60. The number of hydrogen-bond acceptors (Lipinski definition) is 2. The molecule has 0 saturated heterocycles. The summed E-state index contributed by atoms with van der Waals surface area (Å²) in [5, 5.41) is 2.84. The van der Waals surface area contributed by atoms with Crippen molar-refractivity contribution in [2.24, 2.45) is 0 Å². The lowest BCUT2D eigenvalue weighted by Crippen LogP contribution is -2.27. The highest BCUT2D eigenvalue weighted by atomic mass is 32.2. The Labute approximate surface area is 75.4 Å². The van der Waals surface area contributed by atoms with Crippen LogP contribution in [0.15, 0.2) is 34.9 Å². The summed E-state index contributed by atoms with van der Waals surface area (Å²) in [5.41, 5.74) is 0.949. The summed E-state index contributed by atoms with van der Waals surface area (Å²) in [7, 11) is 0. The van der Waals surface area contributed by atoms with Crippen molar-refractivity contribution in [1.29, 1.82) is 0 Å². The zero-order valence-corrected chi connectivity index (χ0v) is 7.36. The van der Waals surface area contributed by atoms with Gasteiger partial charge in [0, 0.05) is 4.91 Å². The molecule has 1 aliphatic heterocycles. The van der Waals surface area contributed by atoms with Crippen molar-refractivity contribution in [3.8, 4) is 0 Å². The Hall–Kier alpha value is -0.960. The Balaban J connectivity index is 2.33. The maximum Gasteiger partial charge on any atom is 0.234 e. The Kier molecular flexibility index (Phi) is 2.04. The van der Waals surface area contributed by atoms with Gasteiger partial charge in [-0.1, -0.05) is 18.2 Å². The number of hydrogen-bond donors (Lipinski definition) is 1. The molecular weight excluding hydrogens is 170 g/mol. The fourth-order valence-corrected chi connectivity index (χ4v) is 2.00. The van der Waals surface area contributed by atoms with Crippen molar-refractivity contribution in [1.82, 2.24) is 5.32 Å². The van der Waals surface area contributed by atoms with Crippen LogP contribution in [0.3, 0.4) is 0 Å². The predicted octanol–water partition coefficient (Wildman–Crippen LogP) is 1.58. The van der Waals surface area contributed by atoms with Crippen LogP contribution in [-0.4, -0.2) is 11.7 Å². The highest BCUT2D eigenvalue weighted by Gasteiger charge is 2.14. The number of rotatable bonds is 0. The maximum absolute atomic E-state index is 11.0. The molecule has 0 unspecified atom stereocenters. The first-order chi connectivity index (χ1) is 5.86. The smallest absolute Gasteiger partial charge is 0.234 e. The van der Waals surface area contributed by atoms with Crippen LogP contribution in [0.4, 0.5) is 0 Å². The Morgan fingerprint density at radius 3 is 3.08 bits per heavy atom. The molecule has 0 atom stereocenters. The van der Waals surface area contributed by atoms with E-state index in [2.05, 4.69) is 17.5 Å². The second-order valence-corrected chi connectivity index (χ2v) is 3.67. The van der Waals surface area contributed by atoms with E-state index in [0.717, 1.165) is 12.1 Å². The van der Waals surface area contributed by atoms with Crippen molar-refractivity contribution < 1.29 is 4.79 Å². The first-order valence-corrected chi connectivity index (χ1v) is 4.85. The lowest BCUT2D eigenvalue weighted by Gasteiger charge is -2.14. The van der Waals surface area contributed by atoms with E-state index in [9.17, 15) is 4.79 Å². The molecule has 1 N–H and O–H groups in total. The summed E-state index contributed by atoms with van der Waals surface area (Å²) in [5.74, 6) is 0.635. The molecule has 12 heavy (non-hydrogen) atoms. The third-order valence-corrected chi connectivity index (χ3v) is 2.80. The van der Waals surface area contributed by atoms with E-state index in [-0.39, 0.29) is 5.91 Å². The van der Waals surface area contributed by atoms with Crippen LogP contribution in [0.1, 0.15) is 6.42 Å². The van der Waals surface area contributed by atoms with Crippen LogP contribution in [0.25, 0.3) is 0 Å². The largest absolute Gasteiger partial charge is 0.324 e. The molecule has 1 heterocycles. The third kappa shape index (κ3) is 1.46. The average molecular weight is 179 g/mol. The second kappa shape index (κ2) is 3.19. The molecule has 0 aromatic rings. The molecule has 0 aromatic carbocycles.